The van der Waals surface area contributed by atoms with E-state index in [1.165, 1.54) is 0 Å². The van der Waals surface area contributed by atoms with Crippen LogP contribution in [-0.4, -0.2) is 29.3 Å². The molecule has 0 radical (unpaired) electrons. The topological polar surface area (TPSA) is 39.1 Å². The number of likely N-dealkylation sites (N-methyl/N-ethyl adjacent to an activating group) is 1. The Hall–Kier alpha value is -0.870. The highest BCUT2D eigenvalue weighted by atomic mass is 16.5. The molecule has 0 saturated carbocycles. The van der Waals surface area contributed by atoms with Crippen molar-refractivity contribution in [3.8, 4) is 0 Å². The molecule has 0 spiro atoms. The van der Waals surface area contributed by atoms with Crippen molar-refractivity contribution in [2.45, 2.75) is 46.4 Å². The van der Waals surface area contributed by atoms with Crippen LogP contribution in [0.1, 0.15) is 39.4 Å². The number of imidazole rings is 1. The van der Waals surface area contributed by atoms with E-state index in [1.54, 1.807) is 0 Å². The second kappa shape index (κ2) is 6.77. The molecule has 2 atom stereocenters. The van der Waals surface area contributed by atoms with Gasteiger partial charge in [-0.3, -0.25) is 0 Å². The van der Waals surface area contributed by atoms with E-state index in [1.807, 2.05) is 20.3 Å². The predicted octanol–water partition coefficient (Wildman–Crippen LogP) is 2.22. The molecule has 0 aliphatic heterocycles. The van der Waals surface area contributed by atoms with Crippen LogP contribution in [0.5, 0.6) is 0 Å². The average Bonchev–Trinajstić information content (AvgIpc) is 2.77. The molecule has 1 rings (SSSR count). The first-order chi connectivity index (χ1) is 8.13. The summed E-state index contributed by atoms with van der Waals surface area (Å²) < 4.78 is 7.93. The van der Waals surface area contributed by atoms with Crippen LogP contribution >= 0.6 is 0 Å². The van der Waals surface area contributed by atoms with E-state index in [0.717, 1.165) is 18.8 Å². The van der Waals surface area contributed by atoms with Crippen molar-refractivity contribution >= 4 is 0 Å². The Kier molecular flexibility index (Phi) is 5.65. The van der Waals surface area contributed by atoms with E-state index < -0.39 is 0 Å². The molecule has 1 aromatic rings. The third-order valence-electron chi connectivity index (χ3n) is 2.99. The van der Waals surface area contributed by atoms with Crippen LogP contribution < -0.4 is 5.32 Å². The van der Waals surface area contributed by atoms with Crippen LogP contribution in [0.3, 0.4) is 0 Å². The molecule has 17 heavy (non-hydrogen) atoms. The zero-order valence-electron chi connectivity index (χ0n) is 11.6. The Balaban J connectivity index is 2.87. The second-order valence-electron chi connectivity index (χ2n) is 4.56. The van der Waals surface area contributed by atoms with Gasteiger partial charge in [-0.25, -0.2) is 4.98 Å². The summed E-state index contributed by atoms with van der Waals surface area (Å²) in [5.74, 6) is 0.458. The van der Waals surface area contributed by atoms with Crippen molar-refractivity contribution < 1.29 is 4.74 Å². The SMILES string of the molecule is CCOC(C(C)C)C(NC)c1cn(CC)cn1. The Morgan fingerprint density at radius 1 is 1.41 bits per heavy atom. The zero-order chi connectivity index (χ0) is 12.8. The molecule has 2 unspecified atom stereocenters. The van der Waals surface area contributed by atoms with Gasteiger partial charge in [0, 0.05) is 19.3 Å². The minimum absolute atomic E-state index is 0.155. The van der Waals surface area contributed by atoms with Gasteiger partial charge in [0.25, 0.3) is 0 Å². The number of aromatic nitrogens is 2. The molecule has 4 nitrogen and oxygen atoms in total. The first kappa shape index (κ1) is 14.2. The van der Waals surface area contributed by atoms with E-state index in [0.29, 0.717) is 5.92 Å². The lowest BCUT2D eigenvalue weighted by molar-refractivity contribution is 0.00369. The van der Waals surface area contributed by atoms with Crippen molar-refractivity contribution in [3.05, 3.63) is 18.2 Å². The van der Waals surface area contributed by atoms with Crippen LogP contribution in [0.15, 0.2) is 12.5 Å². The number of hydrogen-bond donors (Lipinski definition) is 1. The third-order valence-corrected chi connectivity index (χ3v) is 2.99. The van der Waals surface area contributed by atoms with Gasteiger partial charge in [0.1, 0.15) is 0 Å². The highest BCUT2D eigenvalue weighted by molar-refractivity contribution is 5.06. The van der Waals surface area contributed by atoms with Crippen LogP contribution in [0.25, 0.3) is 0 Å². The zero-order valence-corrected chi connectivity index (χ0v) is 11.6. The predicted molar refractivity (Wildman–Crippen MR) is 70.0 cm³/mol. The molecule has 0 saturated heterocycles. The van der Waals surface area contributed by atoms with Crippen molar-refractivity contribution in [2.75, 3.05) is 13.7 Å². The van der Waals surface area contributed by atoms with Crippen LogP contribution in [-0.2, 0) is 11.3 Å². The van der Waals surface area contributed by atoms with Gasteiger partial charge in [0.15, 0.2) is 0 Å². The summed E-state index contributed by atoms with van der Waals surface area (Å²) in [5, 5.41) is 3.32. The van der Waals surface area contributed by atoms with Crippen molar-refractivity contribution in [3.63, 3.8) is 0 Å². The third kappa shape index (κ3) is 3.54. The summed E-state index contributed by atoms with van der Waals surface area (Å²) in [6, 6.07) is 0.155. The van der Waals surface area contributed by atoms with Gasteiger partial charge in [-0.15, -0.1) is 0 Å². The number of ether oxygens (including phenoxy) is 1. The first-order valence-electron chi connectivity index (χ1n) is 6.44. The Morgan fingerprint density at radius 2 is 2.12 bits per heavy atom. The van der Waals surface area contributed by atoms with Gasteiger partial charge < -0.3 is 14.6 Å². The van der Waals surface area contributed by atoms with Gasteiger partial charge in [0.05, 0.1) is 24.2 Å². The Labute approximate surface area is 104 Å². The lowest BCUT2D eigenvalue weighted by atomic mass is 9.97. The normalized spacial score (nSPS) is 15.2. The molecular formula is C13H25N3O. The fraction of sp³-hybridized carbons (Fsp3) is 0.769. The summed E-state index contributed by atoms with van der Waals surface area (Å²) in [5.41, 5.74) is 1.06. The summed E-state index contributed by atoms with van der Waals surface area (Å²) in [6.45, 7) is 10.2. The fourth-order valence-electron chi connectivity index (χ4n) is 2.06. The summed E-state index contributed by atoms with van der Waals surface area (Å²) in [6.07, 6.45) is 4.13. The van der Waals surface area contributed by atoms with Gasteiger partial charge in [0.2, 0.25) is 0 Å². The lowest BCUT2D eigenvalue weighted by Crippen LogP contribution is -2.35. The van der Waals surface area contributed by atoms with Crippen molar-refractivity contribution in [1.29, 1.82) is 0 Å². The molecule has 1 heterocycles. The molecule has 0 aliphatic carbocycles. The minimum Gasteiger partial charge on any atom is -0.376 e. The number of hydrogen-bond acceptors (Lipinski definition) is 3. The van der Waals surface area contributed by atoms with Crippen LogP contribution in [0.2, 0.25) is 0 Å². The highest BCUT2D eigenvalue weighted by Crippen LogP contribution is 2.23. The first-order valence-corrected chi connectivity index (χ1v) is 6.44. The molecule has 98 valence electrons. The molecule has 4 heteroatoms. The number of aryl methyl sites for hydroxylation is 1. The number of nitrogens with zero attached hydrogens (tertiary/aromatic N) is 2. The van der Waals surface area contributed by atoms with Gasteiger partial charge in [-0.05, 0) is 26.8 Å². The second-order valence-corrected chi connectivity index (χ2v) is 4.56. The number of rotatable bonds is 7. The standard InChI is InChI=1S/C13H25N3O/c1-6-16-8-11(15-9-16)12(14-5)13(10(3)4)17-7-2/h8-10,12-14H,6-7H2,1-5H3. The molecule has 0 fully saturated rings. The van der Waals surface area contributed by atoms with Crippen molar-refractivity contribution in [1.82, 2.24) is 14.9 Å². The van der Waals surface area contributed by atoms with E-state index in [9.17, 15) is 0 Å². The molecular weight excluding hydrogens is 214 g/mol. The van der Waals surface area contributed by atoms with Gasteiger partial charge in [-0.1, -0.05) is 13.8 Å². The Morgan fingerprint density at radius 3 is 2.53 bits per heavy atom. The maximum absolute atomic E-state index is 5.84. The molecule has 0 bridgehead atoms. The molecule has 0 amide bonds. The van der Waals surface area contributed by atoms with Gasteiger partial charge in [-0.2, -0.15) is 0 Å². The monoisotopic (exact) mass is 239 g/mol. The lowest BCUT2D eigenvalue weighted by Gasteiger charge is -2.28. The van der Waals surface area contributed by atoms with Crippen molar-refractivity contribution in [2.24, 2.45) is 5.92 Å². The van der Waals surface area contributed by atoms with E-state index >= 15 is 0 Å². The summed E-state index contributed by atoms with van der Waals surface area (Å²) in [4.78, 5) is 4.46. The molecule has 0 aliphatic rings. The fourth-order valence-corrected chi connectivity index (χ4v) is 2.06. The summed E-state index contributed by atoms with van der Waals surface area (Å²) >= 11 is 0. The van der Waals surface area contributed by atoms with Crippen LogP contribution in [0.4, 0.5) is 0 Å². The highest BCUT2D eigenvalue weighted by Gasteiger charge is 2.26. The quantitative estimate of drug-likeness (QED) is 0.793. The van der Waals surface area contributed by atoms with Crippen LogP contribution in [0, 0.1) is 5.92 Å². The molecule has 1 N–H and O–H groups in total. The van der Waals surface area contributed by atoms with E-state index in [-0.39, 0.29) is 12.1 Å². The maximum atomic E-state index is 5.84. The molecule has 1 aromatic heterocycles. The largest absolute Gasteiger partial charge is 0.376 e. The average molecular weight is 239 g/mol. The summed E-state index contributed by atoms with van der Waals surface area (Å²) in [7, 11) is 1.96. The number of nitrogens with one attached hydrogen (secondary N) is 1. The van der Waals surface area contributed by atoms with Gasteiger partial charge >= 0.3 is 0 Å². The van der Waals surface area contributed by atoms with E-state index in [4.69, 9.17) is 4.74 Å². The Bertz CT molecular complexity index is 322. The maximum Gasteiger partial charge on any atom is 0.0950 e. The minimum atomic E-state index is 0.155. The smallest absolute Gasteiger partial charge is 0.0950 e. The van der Waals surface area contributed by atoms with E-state index in [2.05, 4.69) is 41.8 Å². The molecule has 0 aromatic carbocycles.